The van der Waals surface area contributed by atoms with E-state index in [2.05, 4.69) is 48.0 Å². The van der Waals surface area contributed by atoms with Gasteiger partial charge in [0.25, 0.3) is 0 Å². The maximum absolute atomic E-state index is 12.0. The monoisotopic (exact) mass is 370 g/mol. The molecule has 1 aromatic heterocycles. The second kappa shape index (κ2) is 8.85. The van der Waals surface area contributed by atoms with Crippen LogP contribution in [0.25, 0.3) is 0 Å². The van der Waals surface area contributed by atoms with E-state index >= 15 is 0 Å². The number of hydrogen-bond acceptors (Lipinski definition) is 3. The third-order valence-electron chi connectivity index (χ3n) is 4.43. The van der Waals surface area contributed by atoms with Gasteiger partial charge < -0.3 is 16.0 Å². The standard InChI is InChI=1S/C20H26N4OS/c1-3-15-9-10-16(26-15)13-23-20(21-4-2)22-12-14-11-19(25)24-18-8-6-5-7-17(14)18/h5-10,14H,3-4,11-13H2,1-2H3,(H,24,25)(H2,21,22,23). The molecule has 138 valence electrons. The van der Waals surface area contributed by atoms with E-state index in [0.717, 1.165) is 24.6 Å². The number of carbonyl (C=O) groups excluding carboxylic acids is 1. The second-order valence-electron chi connectivity index (χ2n) is 6.33. The molecule has 1 aliphatic rings. The van der Waals surface area contributed by atoms with Gasteiger partial charge in [-0.15, -0.1) is 11.3 Å². The first-order valence-corrected chi connectivity index (χ1v) is 9.99. The van der Waals surface area contributed by atoms with E-state index in [1.54, 1.807) is 0 Å². The highest BCUT2D eigenvalue weighted by Gasteiger charge is 2.24. The van der Waals surface area contributed by atoms with Gasteiger partial charge in [0.1, 0.15) is 0 Å². The van der Waals surface area contributed by atoms with Gasteiger partial charge in [-0.25, -0.2) is 4.99 Å². The summed E-state index contributed by atoms with van der Waals surface area (Å²) < 4.78 is 0. The van der Waals surface area contributed by atoms with Crippen molar-refractivity contribution in [3.05, 3.63) is 51.7 Å². The van der Waals surface area contributed by atoms with E-state index < -0.39 is 0 Å². The van der Waals surface area contributed by atoms with Crippen LogP contribution in [-0.4, -0.2) is 25.0 Å². The van der Waals surface area contributed by atoms with Crippen LogP contribution in [0.4, 0.5) is 5.69 Å². The predicted molar refractivity (Wildman–Crippen MR) is 109 cm³/mol. The molecule has 1 unspecified atom stereocenters. The minimum atomic E-state index is 0.0723. The van der Waals surface area contributed by atoms with Crippen LogP contribution in [0.5, 0.6) is 0 Å². The summed E-state index contributed by atoms with van der Waals surface area (Å²) in [5.41, 5.74) is 2.10. The summed E-state index contributed by atoms with van der Waals surface area (Å²) in [5, 5.41) is 9.64. The Morgan fingerprint density at radius 2 is 2.00 bits per heavy atom. The maximum atomic E-state index is 12.0. The van der Waals surface area contributed by atoms with E-state index in [0.29, 0.717) is 19.5 Å². The van der Waals surface area contributed by atoms with Crippen molar-refractivity contribution in [1.82, 2.24) is 10.6 Å². The summed E-state index contributed by atoms with van der Waals surface area (Å²) in [5.74, 6) is 1.02. The number of para-hydroxylation sites is 1. The predicted octanol–water partition coefficient (Wildman–Crippen LogP) is 3.49. The van der Waals surface area contributed by atoms with Crippen LogP contribution in [0.3, 0.4) is 0 Å². The number of guanidine groups is 1. The molecular weight excluding hydrogens is 344 g/mol. The van der Waals surface area contributed by atoms with Crippen molar-refractivity contribution in [1.29, 1.82) is 0 Å². The normalized spacial score (nSPS) is 16.8. The molecule has 2 aromatic rings. The van der Waals surface area contributed by atoms with Crippen LogP contribution in [-0.2, 0) is 17.8 Å². The number of amides is 1. The Balaban J connectivity index is 1.65. The molecule has 5 nitrogen and oxygen atoms in total. The fourth-order valence-electron chi connectivity index (χ4n) is 3.10. The number of carbonyl (C=O) groups is 1. The van der Waals surface area contributed by atoms with E-state index in [4.69, 9.17) is 4.99 Å². The molecule has 0 bridgehead atoms. The molecule has 2 heterocycles. The summed E-state index contributed by atoms with van der Waals surface area (Å²) in [6, 6.07) is 12.3. The van der Waals surface area contributed by atoms with Crippen molar-refractivity contribution in [3.8, 4) is 0 Å². The molecule has 0 saturated heterocycles. The zero-order valence-electron chi connectivity index (χ0n) is 15.3. The first-order chi connectivity index (χ1) is 12.7. The molecule has 1 atom stereocenters. The molecule has 0 fully saturated rings. The van der Waals surface area contributed by atoms with Crippen molar-refractivity contribution in [2.75, 3.05) is 18.4 Å². The van der Waals surface area contributed by atoms with Gasteiger partial charge in [-0.05, 0) is 37.1 Å². The van der Waals surface area contributed by atoms with Gasteiger partial charge in [0.2, 0.25) is 5.91 Å². The Hall–Kier alpha value is -2.34. The first kappa shape index (κ1) is 18.5. The van der Waals surface area contributed by atoms with Crippen molar-refractivity contribution in [2.45, 2.75) is 39.2 Å². The molecule has 0 aliphatic carbocycles. The number of aryl methyl sites for hydroxylation is 1. The van der Waals surface area contributed by atoms with Crippen LogP contribution in [0.1, 0.15) is 41.5 Å². The highest BCUT2D eigenvalue weighted by Crippen LogP contribution is 2.31. The Bertz CT molecular complexity index is 784. The van der Waals surface area contributed by atoms with Gasteiger partial charge in [0.15, 0.2) is 5.96 Å². The number of nitrogens with zero attached hydrogens (tertiary/aromatic N) is 1. The molecule has 1 amide bonds. The van der Waals surface area contributed by atoms with E-state index in [9.17, 15) is 4.79 Å². The van der Waals surface area contributed by atoms with Gasteiger partial charge >= 0.3 is 0 Å². The molecule has 26 heavy (non-hydrogen) atoms. The third kappa shape index (κ3) is 4.64. The molecule has 0 saturated carbocycles. The van der Waals surface area contributed by atoms with Crippen LogP contribution in [0.2, 0.25) is 0 Å². The van der Waals surface area contributed by atoms with Crippen molar-refractivity contribution in [3.63, 3.8) is 0 Å². The fourth-order valence-corrected chi connectivity index (χ4v) is 3.98. The van der Waals surface area contributed by atoms with Crippen LogP contribution in [0, 0.1) is 0 Å². The van der Waals surface area contributed by atoms with E-state index in [1.165, 1.54) is 15.3 Å². The molecule has 1 aliphatic heterocycles. The summed E-state index contributed by atoms with van der Waals surface area (Å²) in [6.07, 6.45) is 1.56. The van der Waals surface area contributed by atoms with Crippen LogP contribution >= 0.6 is 11.3 Å². The van der Waals surface area contributed by atoms with Crippen molar-refractivity contribution < 1.29 is 4.79 Å². The minimum Gasteiger partial charge on any atom is -0.357 e. The zero-order valence-corrected chi connectivity index (χ0v) is 16.2. The second-order valence-corrected chi connectivity index (χ2v) is 7.59. The Morgan fingerprint density at radius 3 is 2.77 bits per heavy atom. The van der Waals surface area contributed by atoms with E-state index in [1.807, 2.05) is 29.5 Å². The number of benzene rings is 1. The van der Waals surface area contributed by atoms with Gasteiger partial charge in [0, 0.05) is 40.9 Å². The minimum absolute atomic E-state index is 0.0723. The maximum Gasteiger partial charge on any atom is 0.225 e. The summed E-state index contributed by atoms with van der Waals surface area (Å²) in [6.45, 7) is 6.38. The van der Waals surface area contributed by atoms with Crippen molar-refractivity contribution in [2.24, 2.45) is 4.99 Å². The molecule has 6 heteroatoms. The first-order valence-electron chi connectivity index (χ1n) is 9.18. The molecule has 0 spiro atoms. The number of aliphatic imine (C=N–C) groups is 1. The summed E-state index contributed by atoms with van der Waals surface area (Å²) in [7, 11) is 0. The summed E-state index contributed by atoms with van der Waals surface area (Å²) >= 11 is 1.81. The lowest BCUT2D eigenvalue weighted by molar-refractivity contribution is -0.116. The van der Waals surface area contributed by atoms with Gasteiger partial charge in [-0.1, -0.05) is 25.1 Å². The highest BCUT2D eigenvalue weighted by molar-refractivity contribution is 7.11. The lowest BCUT2D eigenvalue weighted by atomic mass is 9.90. The molecule has 3 N–H and O–H groups in total. The number of rotatable bonds is 6. The number of hydrogen-bond donors (Lipinski definition) is 3. The fraction of sp³-hybridized carbons (Fsp3) is 0.400. The van der Waals surface area contributed by atoms with E-state index in [-0.39, 0.29) is 11.8 Å². The van der Waals surface area contributed by atoms with Gasteiger partial charge in [-0.2, -0.15) is 0 Å². The number of nitrogens with one attached hydrogen (secondary N) is 3. The molecular formula is C20H26N4OS. The average Bonchev–Trinajstić information content (AvgIpc) is 3.11. The Kier molecular flexibility index (Phi) is 6.28. The number of fused-ring (bicyclic) bond motifs is 1. The topological polar surface area (TPSA) is 65.5 Å². The lowest BCUT2D eigenvalue weighted by Gasteiger charge is -2.26. The van der Waals surface area contributed by atoms with Crippen LogP contribution < -0.4 is 16.0 Å². The van der Waals surface area contributed by atoms with Crippen molar-refractivity contribution >= 4 is 28.9 Å². The lowest BCUT2D eigenvalue weighted by Crippen LogP contribution is -2.40. The molecule has 0 radical (unpaired) electrons. The molecule has 3 rings (SSSR count). The Morgan fingerprint density at radius 1 is 1.19 bits per heavy atom. The average molecular weight is 371 g/mol. The largest absolute Gasteiger partial charge is 0.357 e. The zero-order chi connectivity index (χ0) is 18.4. The highest BCUT2D eigenvalue weighted by atomic mass is 32.1. The quantitative estimate of drug-likeness (QED) is 0.539. The SMILES string of the molecule is CCNC(=NCc1ccc(CC)s1)NCC1CC(=O)Nc2ccccc21. The molecule has 1 aromatic carbocycles. The Labute approximate surface area is 158 Å². The van der Waals surface area contributed by atoms with Gasteiger partial charge in [-0.3, -0.25) is 4.79 Å². The van der Waals surface area contributed by atoms with Gasteiger partial charge in [0.05, 0.1) is 6.54 Å². The number of thiophene rings is 1. The third-order valence-corrected chi connectivity index (χ3v) is 5.64. The summed E-state index contributed by atoms with van der Waals surface area (Å²) in [4.78, 5) is 19.3. The smallest absolute Gasteiger partial charge is 0.225 e. The number of anilines is 1. The van der Waals surface area contributed by atoms with Crippen LogP contribution in [0.15, 0.2) is 41.4 Å².